The standard InChI is InChI=1S/C28H44F6N4O2/c29-27(30,31)21-15-19(16-22(17-21)28(32,33)34)18-36-24(39)23(20-7-3-1-4-8-20)37-13-9-26(10-14-37,25(35)40)38-11-5-2-6-12-38/h19-23H,1-18H2,(H2,35,40)(H,36,39). The number of rotatable bonds is 7. The number of likely N-dealkylation sites (tertiary alicyclic amines) is 2. The van der Waals surface area contributed by atoms with Crippen LogP contribution in [0, 0.1) is 23.7 Å². The Morgan fingerprint density at radius 2 is 1.32 bits per heavy atom. The quantitative estimate of drug-likeness (QED) is 0.414. The molecule has 0 bridgehead atoms. The van der Waals surface area contributed by atoms with Crippen LogP contribution >= 0.6 is 0 Å². The number of carbonyl (C=O) groups is 2. The highest BCUT2D eigenvalue weighted by Crippen LogP contribution is 2.47. The molecule has 3 atom stereocenters. The zero-order valence-electron chi connectivity index (χ0n) is 23.2. The highest BCUT2D eigenvalue weighted by atomic mass is 19.4. The molecule has 0 aromatic heterocycles. The second-order valence-electron chi connectivity index (χ2n) is 12.6. The topological polar surface area (TPSA) is 78.7 Å². The molecule has 2 heterocycles. The molecule has 0 spiro atoms. The Kier molecular flexibility index (Phi) is 10.0. The van der Waals surface area contributed by atoms with Crippen LogP contribution in [0.2, 0.25) is 0 Å². The highest BCUT2D eigenvalue weighted by Gasteiger charge is 2.52. The number of nitrogens with one attached hydrogen (secondary N) is 1. The van der Waals surface area contributed by atoms with E-state index in [4.69, 9.17) is 5.73 Å². The lowest BCUT2D eigenvalue weighted by molar-refractivity contribution is -0.228. The second kappa shape index (κ2) is 12.8. The molecule has 2 amide bonds. The lowest BCUT2D eigenvalue weighted by Crippen LogP contribution is -2.65. The van der Waals surface area contributed by atoms with Gasteiger partial charge in [-0.25, -0.2) is 0 Å². The van der Waals surface area contributed by atoms with Crippen LogP contribution < -0.4 is 11.1 Å². The van der Waals surface area contributed by atoms with Gasteiger partial charge in [0.15, 0.2) is 0 Å². The van der Waals surface area contributed by atoms with E-state index in [0.717, 1.165) is 64.5 Å². The van der Waals surface area contributed by atoms with Gasteiger partial charge < -0.3 is 11.1 Å². The summed E-state index contributed by atoms with van der Waals surface area (Å²) >= 11 is 0. The number of piperidine rings is 2. The molecule has 4 rings (SSSR count). The molecule has 0 aromatic carbocycles. The van der Waals surface area contributed by atoms with Gasteiger partial charge in [0.2, 0.25) is 11.8 Å². The zero-order valence-corrected chi connectivity index (χ0v) is 23.2. The minimum Gasteiger partial charge on any atom is -0.368 e. The Bertz CT molecular complexity index is 840. The van der Waals surface area contributed by atoms with Crippen molar-refractivity contribution in [2.45, 2.75) is 107 Å². The van der Waals surface area contributed by atoms with Gasteiger partial charge in [-0.05, 0) is 82.7 Å². The van der Waals surface area contributed by atoms with Crippen LogP contribution in [0.4, 0.5) is 26.3 Å². The molecular formula is C28H44F6N4O2. The SMILES string of the molecule is NC(=O)C1(N2CCCCC2)CCN(C(C(=O)NCC2CC(C(F)(F)F)CC(C(F)(F)F)C2)C2CCCCC2)CC1. The molecule has 4 aliphatic rings. The number of amides is 2. The van der Waals surface area contributed by atoms with E-state index >= 15 is 0 Å². The van der Waals surface area contributed by atoms with E-state index in [2.05, 4.69) is 15.1 Å². The lowest BCUT2D eigenvalue weighted by Gasteiger charge is -2.50. The van der Waals surface area contributed by atoms with Crippen molar-refractivity contribution >= 4 is 11.8 Å². The number of primary amides is 1. The molecule has 40 heavy (non-hydrogen) atoms. The van der Waals surface area contributed by atoms with Crippen LogP contribution in [0.3, 0.4) is 0 Å². The summed E-state index contributed by atoms with van der Waals surface area (Å²) in [4.78, 5) is 30.6. The number of carbonyl (C=O) groups excluding carboxylic acids is 2. The first-order valence-corrected chi connectivity index (χ1v) is 15.0. The van der Waals surface area contributed by atoms with Crippen molar-refractivity contribution in [3.8, 4) is 0 Å². The minimum absolute atomic E-state index is 0.0574. The molecule has 12 heteroatoms. The predicted octanol–water partition coefficient (Wildman–Crippen LogP) is 5.01. The van der Waals surface area contributed by atoms with Gasteiger partial charge in [-0.1, -0.05) is 25.7 Å². The fraction of sp³-hybridized carbons (Fsp3) is 0.929. The molecule has 6 nitrogen and oxygen atoms in total. The fourth-order valence-corrected chi connectivity index (χ4v) is 7.83. The number of alkyl halides is 6. The normalized spacial score (nSPS) is 30.5. The molecule has 0 radical (unpaired) electrons. The number of nitrogens with two attached hydrogens (primary N) is 1. The van der Waals surface area contributed by atoms with E-state index in [1.165, 1.54) is 0 Å². The van der Waals surface area contributed by atoms with Crippen molar-refractivity contribution in [3.63, 3.8) is 0 Å². The molecule has 2 aliphatic heterocycles. The van der Waals surface area contributed by atoms with E-state index in [1.807, 2.05) is 0 Å². The summed E-state index contributed by atoms with van der Waals surface area (Å²) in [5, 5.41) is 2.78. The average molecular weight is 583 g/mol. The van der Waals surface area contributed by atoms with Crippen molar-refractivity contribution < 1.29 is 35.9 Å². The summed E-state index contributed by atoms with van der Waals surface area (Å²) in [5.74, 6) is -5.56. The molecule has 0 aromatic rings. The summed E-state index contributed by atoms with van der Waals surface area (Å²) < 4.78 is 80.7. The molecule has 3 unspecified atom stereocenters. The van der Waals surface area contributed by atoms with Crippen LogP contribution in [-0.4, -0.2) is 78.3 Å². The third-order valence-electron chi connectivity index (χ3n) is 10.1. The molecule has 2 saturated heterocycles. The Balaban J connectivity index is 1.44. The third kappa shape index (κ3) is 7.25. The maximum atomic E-state index is 13.6. The van der Waals surface area contributed by atoms with E-state index in [1.54, 1.807) is 0 Å². The summed E-state index contributed by atoms with van der Waals surface area (Å²) in [6.45, 7) is 2.41. The van der Waals surface area contributed by atoms with Crippen molar-refractivity contribution in [2.75, 3.05) is 32.7 Å². The maximum Gasteiger partial charge on any atom is 0.391 e. The van der Waals surface area contributed by atoms with Gasteiger partial charge in [0.05, 0.1) is 17.9 Å². The van der Waals surface area contributed by atoms with Gasteiger partial charge in [0, 0.05) is 19.6 Å². The maximum absolute atomic E-state index is 13.6. The van der Waals surface area contributed by atoms with E-state index < -0.39 is 60.9 Å². The van der Waals surface area contributed by atoms with Crippen molar-refractivity contribution in [2.24, 2.45) is 29.4 Å². The van der Waals surface area contributed by atoms with Gasteiger partial charge >= 0.3 is 12.4 Å². The van der Waals surface area contributed by atoms with E-state index in [0.29, 0.717) is 25.9 Å². The second-order valence-corrected chi connectivity index (χ2v) is 12.6. The van der Waals surface area contributed by atoms with Crippen LogP contribution in [0.25, 0.3) is 0 Å². The predicted molar refractivity (Wildman–Crippen MR) is 138 cm³/mol. The molecule has 3 N–H and O–H groups in total. The van der Waals surface area contributed by atoms with E-state index in [9.17, 15) is 35.9 Å². The molecule has 230 valence electrons. The number of hydrogen-bond donors (Lipinski definition) is 2. The highest BCUT2D eigenvalue weighted by molar-refractivity contribution is 5.85. The van der Waals surface area contributed by atoms with Crippen LogP contribution in [-0.2, 0) is 9.59 Å². The molecular weight excluding hydrogens is 538 g/mol. The Morgan fingerprint density at radius 3 is 1.82 bits per heavy atom. The summed E-state index contributed by atoms with van der Waals surface area (Å²) in [5.41, 5.74) is 5.19. The minimum atomic E-state index is -4.70. The Hall–Kier alpha value is -1.56. The van der Waals surface area contributed by atoms with Crippen LogP contribution in [0.1, 0.15) is 83.5 Å². The summed E-state index contributed by atoms with van der Waals surface area (Å²) in [6.07, 6.45) is -2.31. The number of halogens is 6. The Labute approximate surface area is 232 Å². The van der Waals surface area contributed by atoms with Crippen LogP contribution in [0.15, 0.2) is 0 Å². The van der Waals surface area contributed by atoms with Gasteiger partial charge in [0.25, 0.3) is 0 Å². The van der Waals surface area contributed by atoms with Crippen molar-refractivity contribution in [1.82, 2.24) is 15.1 Å². The summed E-state index contributed by atoms with van der Waals surface area (Å²) in [6, 6.07) is -0.520. The third-order valence-corrected chi connectivity index (χ3v) is 10.1. The van der Waals surface area contributed by atoms with Crippen LogP contribution in [0.5, 0.6) is 0 Å². The zero-order chi connectivity index (χ0) is 29.1. The Morgan fingerprint density at radius 1 is 0.800 bits per heavy atom. The van der Waals surface area contributed by atoms with Gasteiger partial charge in [-0.2, -0.15) is 26.3 Å². The van der Waals surface area contributed by atoms with Gasteiger partial charge in [0.1, 0.15) is 5.54 Å². The molecule has 4 fully saturated rings. The molecule has 2 saturated carbocycles. The first kappa shape index (κ1) is 31.4. The van der Waals surface area contributed by atoms with Crippen molar-refractivity contribution in [3.05, 3.63) is 0 Å². The first-order chi connectivity index (χ1) is 18.8. The summed E-state index contributed by atoms with van der Waals surface area (Å²) in [7, 11) is 0. The van der Waals surface area contributed by atoms with Gasteiger partial charge in [-0.15, -0.1) is 0 Å². The van der Waals surface area contributed by atoms with Crippen molar-refractivity contribution in [1.29, 1.82) is 0 Å². The first-order valence-electron chi connectivity index (χ1n) is 15.0. The average Bonchev–Trinajstić information content (AvgIpc) is 2.92. The number of hydrogen-bond acceptors (Lipinski definition) is 4. The monoisotopic (exact) mass is 582 g/mol. The van der Waals surface area contributed by atoms with E-state index in [-0.39, 0.29) is 24.3 Å². The smallest absolute Gasteiger partial charge is 0.368 e. The largest absolute Gasteiger partial charge is 0.391 e. The fourth-order valence-electron chi connectivity index (χ4n) is 7.83. The van der Waals surface area contributed by atoms with Gasteiger partial charge in [-0.3, -0.25) is 19.4 Å². The molecule has 2 aliphatic carbocycles. The number of nitrogens with zero attached hydrogens (tertiary/aromatic N) is 2. The lowest BCUT2D eigenvalue weighted by atomic mass is 9.74.